The van der Waals surface area contributed by atoms with Crippen molar-refractivity contribution < 1.29 is 0 Å². The molecule has 1 aromatic rings. The maximum Gasteiger partial charge on any atom is 0.153 e. The maximum absolute atomic E-state index is 6.58. The minimum atomic E-state index is -0.217. The van der Waals surface area contributed by atoms with E-state index in [1.807, 2.05) is 6.33 Å². The summed E-state index contributed by atoms with van der Waals surface area (Å²) in [5, 5.41) is 8.39. The standard InChI is InChI=1S/C13H22N4/c1-2-10-5-7-13(14,8-6-10)12-16-15-9-17(12)11-3-4-11/h9-11H,2-8,14H2,1H3. The van der Waals surface area contributed by atoms with Crippen LogP contribution in [0.3, 0.4) is 0 Å². The topological polar surface area (TPSA) is 56.7 Å². The van der Waals surface area contributed by atoms with Gasteiger partial charge in [-0.25, -0.2) is 0 Å². The minimum absolute atomic E-state index is 0.217. The minimum Gasteiger partial charge on any atom is -0.319 e. The van der Waals surface area contributed by atoms with E-state index in [9.17, 15) is 0 Å². The maximum atomic E-state index is 6.58. The van der Waals surface area contributed by atoms with Crippen LogP contribution in [0, 0.1) is 5.92 Å². The molecule has 0 amide bonds. The highest BCUT2D eigenvalue weighted by Crippen LogP contribution is 2.42. The molecule has 2 N–H and O–H groups in total. The van der Waals surface area contributed by atoms with E-state index < -0.39 is 0 Å². The third-order valence-corrected chi connectivity index (χ3v) is 4.53. The largest absolute Gasteiger partial charge is 0.319 e. The predicted molar refractivity (Wildman–Crippen MR) is 66.4 cm³/mol. The fourth-order valence-corrected chi connectivity index (χ4v) is 3.04. The molecule has 0 atom stereocenters. The highest BCUT2D eigenvalue weighted by Gasteiger charge is 2.39. The van der Waals surface area contributed by atoms with E-state index in [0.29, 0.717) is 6.04 Å². The molecule has 4 nitrogen and oxygen atoms in total. The fraction of sp³-hybridized carbons (Fsp3) is 0.846. The lowest BCUT2D eigenvalue weighted by Crippen LogP contribution is -2.42. The molecule has 0 spiro atoms. The Labute approximate surface area is 103 Å². The van der Waals surface area contributed by atoms with Crippen molar-refractivity contribution in [3.63, 3.8) is 0 Å². The molecule has 3 rings (SSSR count). The lowest BCUT2D eigenvalue weighted by Gasteiger charge is -2.36. The lowest BCUT2D eigenvalue weighted by molar-refractivity contribution is 0.216. The first-order chi connectivity index (χ1) is 8.23. The number of nitrogens with two attached hydrogens (primary N) is 1. The number of hydrogen-bond donors (Lipinski definition) is 1. The summed E-state index contributed by atoms with van der Waals surface area (Å²) in [5.41, 5.74) is 6.37. The first-order valence-electron chi connectivity index (χ1n) is 6.92. The molecule has 4 heteroatoms. The van der Waals surface area contributed by atoms with Crippen molar-refractivity contribution in [1.29, 1.82) is 0 Å². The van der Waals surface area contributed by atoms with Gasteiger partial charge in [0.25, 0.3) is 0 Å². The smallest absolute Gasteiger partial charge is 0.153 e. The van der Waals surface area contributed by atoms with Crippen LogP contribution in [0.4, 0.5) is 0 Å². The van der Waals surface area contributed by atoms with Crippen LogP contribution in [0.25, 0.3) is 0 Å². The van der Waals surface area contributed by atoms with E-state index in [2.05, 4.69) is 21.7 Å². The SMILES string of the molecule is CCC1CCC(N)(c2nncn2C2CC2)CC1. The molecule has 2 saturated carbocycles. The number of rotatable bonds is 3. The second kappa shape index (κ2) is 4.09. The van der Waals surface area contributed by atoms with Gasteiger partial charge in [-0.2, -0.15) is 0 Å². The van der Waals surface area contributed by atoms with E-state index >= 15 is 0 Å². The summed E-state index contributed by atoms with van der Waals surface area (Å²) in [5.74, 6) is 1.90. The van der Waals surface area contributed by atoms with Gasteiger partial charge >= 0.3 is 0 Å². The van der Waals surface area contributed by atoms with Crippen molar-refractivity contribution in [2.75, 3.05) is 0 Å². The Balaban J connectivity index is 1.80. The zero-order chi connectivity index (χ0) is 11.9. The van der Waals surface area contributed by atoms with Gasteiger partial charge in [-0.05, 0) is 44.4 Å². The Kier molecular flexibility index (Phi) is 2.69. The van der Waals surface area contributed by atoms with Crippen LogP contribution in [0.15, 0.2) is 6.33 Å². The molecule has 1 heterocycles. The zero-order valence-electron chi connectivity index (χ0n) is 10.6. The molecule has 0 aliphatic heterocycles. The third-order valence-electron chi connectivity index (χ3n) is 4.53. The average Bonchev–Trinajstić information content (AvgIpc) is 3.07. The summed E-state index contributed by atoms with van der Waals surface area (Å²) >= 11 is 0. The molecule has 0 unspecified atom stereocenters. The van der Waals surface area contributed by atoms with Gasteiger partial charge in [-0.3, -0.25) is 0 Å². The van der Waals surface area contributed by atoms with Crippen molar-refractivity contribution in [1.82, 2.24) is 14.8 Å². The van der Waals surface area contributed by atoms with Gasteiger partial charge in [0.15, 0.2) is 5.82 Å². The van der Waals surface area contributed by atoms with Crippen LogP contribution in [0.1, 0.15) is 63.7 Å². The van der Waals surface area contributed by atoms with E-state index in [-0.39, 0.29) is 5.54 Å². The molecule has 2 aliphatic carbocycles. The highest BCUT2D eigenvalue weighted by atomic mass is 15.3. The Bertz CT molecular complexity index is 386. The monoisotopic (exact) mass is 234 g/mol. The second-order valence-electron chi connectivity index (χ2n) is 5.80. The van der Waals surface area contributed by atoms with Crippen LogP contribution < -0.4 is 5.73 Å². The van der Waals surface area contributed by atoms with Crippen LogP contribution in [-0.2, 0) is 5.54 Å². The van der Waals surface area contributed by atoms with E-state index in [1.165, 1.54) is 32.1 Å². The van der Waals surface area contributed by atoms with Crippen molar-refractivity contribution in [2.45, 2.75) is 63.5 Å². The zero-order valence-corrected chi connectivity index (χ0v) is 10.6. The van der Waals surface area contributed by atoms with Gasteiger partial charge < -0.3 is 10.3 Å². The number of hydrogen-bond acceptors (Lipinski definition) is 3. The van der Waals surface area contributed by atoms with Gasteiger partial charge in [-0.1, -0.05) is 13.3 Å². The van der Waals surface area contributed by atoms with Crippen LogP contribution >= 0.6 is 0 Å². The molecule has 2 fully saturated rings. The van der Waals surface area contributed by atoms with Gasteiger partial charge in [0.05, 0.1) is 5.54 Å². The first-order valence-corrected chi connectivity index (χ1v) is 6.92. The van der Waals surface area contributed by atoms with Gasteiger partial charge in [-0.15, -0.1) is 10.2 Å². The van der Waals surface area contributed by atoms with E-state index in [4.69, 9.17) is 5.73 Å². The molecular formula is C13H22N4. The van der Waals surface area contributed by atoms with Crippen molar-refractivity contribution >= 4 is 0 Å². The first kappa shape index (κ1) is 11.2. The quantitative estimate of drug-likeness (QED) is 0.873. The van der Waals surface area contributed by atoms with Crippen molar-refractivity contribution in [2.24, 2.45) is 11.7 Å². The van der Waals surface area contributed by atoms with Crippen LogP contribution in [-0.4, -0.2) is 14.8 Å². The van der Waals surface area contributed by atoms with E-state index in [1.54, 1.807) is 0 Å². The average molecular weight is 234 g/mol. The molecule has 94 valence electrons. The van der Waals surface area contributed by atoms with Gasteiger partial charge in [0.2, 0.25) is 0 Å². The molecule has 0 saturated heterocycles. The molecule has 0 radical (unpaired) electrons. The molecule has 0 aromatic carbocycles. The van der Waals surface area contributed by atoms with Gasteiger partial charge in [0, 0.05) is 6.04 Å². The third kappa shape index (κ3) is 1.99. The summed E-state index contributed by atoms with van der Waals surface area (Å²) < 4.78 is 2.23. The molecular weight excluding hydrogens is 212 g/mol. The Morgan fingerprint density at radius 2 is 2.06 bits per heavy atom. The summed E-state index contributed by atoms with van der Waals surface area (Å²) in [6, 6.07) is 0.629. The lowest BCUT2D eigenvalue weighted by atomic mass is 9.75. The van der Waals surface area contributed by atoms with Crippen LogP contribution in [0.2, 0.25) is 0 Å². The fourth-order valence-electron chi connectivity index (χ4n) is 3.04. The summed E-state index contributed by atoms with van der Waals surface area (Å²) in [4.78, 5) is 0. The summed E-state index contributed by atoms with van der Waals surface area (Å²) in [6.45, 7) is 2.28. The number of aromatic nitrogens is 3. The normalized spacial score (nSPS) is 33.9. The molecule has 17 heavy (non-hydrogen) atoms. The highest BCUT2D eigenvalue weighted by molar-refractivity contribution is 5.09. The Morgan fingerprint density at radius 1 is 1.35 bits per heavy atom. The van der Waals surface area contributed by atoms with Crippen molar-refractivity contribution in [3.05, 3.63) is 12.2 Å². The molecule has 2 aliphatic rings. The predicted octanol–water partition coefficient (Wildman–Crippen LogP) is 2.37. The Morgan fingerprint density at radius 3 is 2.65 bits per heavy atom. The van der Waals surface area contributed by atoms with Crippen LogP contribution in [0.5, 0.6) is 0 Å². The number of nitrogens with zero attached hydrogens (tertiary/aromatic N) is 3. The van der Waals surface area contributed by atoms with E-state index in [0.717, 1.165) is 24.6 Å². The van der Waals surface area contributed by atoms with Crippen molar-refractivity contribution in [3.8, 4) is 0 Å². The second-order valence-corrected chi connectivity index (χ2v) is 5.80. The molecule has 0 bridgehead atoms. The Hall–Kier alpha value is -0.900. The van der Waals surface area contributed by atoms with Gasteiger partial charge in [0.1, 0.15) is 6.33 Å². The summed E-state index contributed by atoms with van der Waals surface area (Å²) in [7, 11) is 0. The molecule has 1 aromatic heterocycles. The summed E-state index contributed by atoms with van der Waals surface area (Å²) in [6.07, 6.45) is 10.3.